The number of morpholine rings is 2. The number of rotatable bonds is 4. The van der Waals surface area contributed by atoms with Crippen molar-refractivity contribution in [2.45, 2.75) is 52.1 Å². The van der Waals surface area contributed by atoms with Crippen molar-refractivity contribution in [3.05, 3.63) is 0 Å². The van der Waals surface area contributed by atoms with E-state index in [1.807, 2.05) is 37.5 Å². The van der Waals surface area contributed by atoms with Crippen molar-refractivity contribution in [2.75, 3.05) is 39.3 Å². The minimum atomic E-state index is -0.767. The number of hydrogen-bond acceptors (Lipinski definition) is 6. The van der Waals surface area contributed by atoms with Gasteiger partial charge in [0, 0.05) is 26.2 Å². The molecule has 0 aromatic carbocycles. The molecule has 0 aromatic heterocycles. The van der Waals surface area contributed by atoms with Gasteiger partial charge in [-0.15, -0.1) is 0 Å². The molecule has 0 spiro atoms. The fraction of sp³-hybridized carbons (Fsp3) is 0.875. The van der Waals surface area contributed by atoms with Crippen LogP contribution in [0, 0.1) is 0 Å². The zero-order chi connectivity index (χ0) is 18.3. The van der Waals surface area contributed by atoms with Crippen LogP contribution in [0.1, 0.15) is 27.7 Å². The summed E-state index contributed by atoms with van der Waals surface area (Å²) in [6.45, 7) is 11.0. The molecule has 0 aliphatic carbocycles. The highest BCUT2D eigenvalue weighted by Gasteiger charge is 2.24. The summed E-state index contributed by atoms with van der Waals surface area (Å²) in [5.74, 6) is -1.53. The Morgan fingerprint density at radius 3 is 1.21 bits per heavy atom. The number of carboxylic acids is 2. The van der Waals surface area contributed by atoms with Crippen molar-refractivity contribution in [1.29, 1.82) is 0 Å². The predicted molar refractivity (Wildman–Crippen MR) is 88.2 cm³/mol. The summed E-state index contributed by atoms with van der Waals surface area (Å²) in [4.78, 5) is 24.6. The zero-order valence-electron chi connectivity index (χ0n) is 15.0. The Balaban J connectivity index is 0.000000240. The van der Waals surface area contributed by atoms with Crippen LogP contribution in [0.25, 0.3) is 0 Å². The lowest BCUT2D eigenvalue weighted by Crippen LogP contribution is -2.47. The number of carboxylic acid groups (broad SMARTS) is 2. The van der Waals surface area contributed by atoms with Gasteiger partial charge >= 0.3 is 11.9 Å². The molecular formula is C16H30N2O6. The largest absolute Gasteiger partial charge is 0.480 e. The van der Waals surface area contributed by atoms with E-state index < -0.39 is 11.9 Å². The van der Waals surface area contributed by atoms with Gasteiger partial charge in [0.05, 0.1) is 37.5 Å². The van der Waals surface area contributed by atoms with Crippen molar-refractivity contribution < 1.29 is 29.3 Å². The molecule has 2 aliphatic rings. The fourth-order valence-corrected chi connectivity index (χ4v) is 3.21. The van der Waals surface area contributed by atoms with Gasteiger partial charge < -0.3 is 19.7 Å². The Morgan fingerprint density at radius 1 is 0.750 bits per heavy atom. The van der Waals surface area contributed by atoms with Gasteiger partial charge in [-0.3, -0.25) is 19.4 Å². The average molecular weight is 346 g/mol. The number of hydrogen-bond donors (Lipinski definition) is 2. The normalized spacial score (nSPS) is 31.8. The second-order valence-corrected chi connectivity index (χ2v) is 6.69. The molecule has 2 saturated heterocycles. The minimum Gasteiger partial charge on any atom is -0.480 e. The van der Waals surface area contributed by atoms with Crippen molar-refractivity contribution in [3.63, 3.8) is 0 Å². The predicted octanol–water partition coefficient (Wildman–Crippen LogP) is 0.360. The van der Waals surface area contributed by atoms with Crippen molar-refractivity contribution >= 4 is 11.9 Å². The quantitative estimate of drug-likeness (QED) is 0.753. The molecule has 0 aromatic rings. The van der Waals surface area contributed by atoms with Gasteiger partial charge in [-0.1, -0.05) is 0 Å². The van der Waals surface area contributed by atoms with Crippen LogP contribution in [0.5, 0.6) is 0 Å². The highest BCUT2D eigenvalue weighted by Crippen LogP contribution is 2.10. The van der Waals surface area contributed by atoms with E-state index in [-0.39, 0.29) is 37.5 Å². The van der Waals surface area contributed by atoms with Crippen molar-refractivity contribution in [2.24, 2.45) is 0 Å². The molecule has 2 heterocycles. The number of nitrogens with zero attached hydrogens (tertiary/aromatic N) is 2. The van der Waals surface area contributed by atoms with E-state index in [4.69, 9.17) is 19.7 Å². The first-order valence-electron chi connectivity index (χ1n) is 8.35. The molecule has 0 saturated carbocycles. The molecule has 0 amide bonds. The maximum atomic E-state index is 10.4. The van der Waals surface area contributed by atoms with Crippen LogP contribution in [0.3, 0.4) is 0 Å². The van der Waals surface area contributed by atoms with Crippen LogP contribution in [0.4, 0.5) is 0 Å². The van der Waals surface area contributed by atoms with Crippen molar-refractivity contribution in [1.82, 2.24) is 9.80 Å². The lowest BCUT2D eigenvalue weighted by molar-refractivity contribution is -0.142. The van der Waals surface area contributed by atoms with Crippen molar-refractivity contribution in [3.8, 4) is 0 Å². The third-order valence-corrected chi connectivity index (χ3v) is 3.71. The lowest BCUT2D eigenvalue weighted by atomic mass is 10.2. The standard InChI is InChI=1S/2C8H15NO3/c2*1-6-3-9(5-8(10)11)4-7(2)12-6/h2*6-7H,3-5H2,1-2H3,(H,10,11)/t2*6-,7+. The maximum Gasteiger partial charge on any atom is 0.317 e. The molecule has 140 valence electrons. The summed E-state index contributed by atoms with van der Waals surface area (Å²) in [6, 6.07) is 0. The van der Waals surface area contributed by atoms with Gasteiger partial charge in [0.1, 0.15) is 0 Å². The Hall–Kier alpha value is -1.22. The second-order valence-electron chi connectivity index (χ2n) is 6.69. The van der Waals surface area contributed by atoms with E-state index >= 15 is 0 Å². The van der Waals surface area contributed by atoms with Gasteiger partial charge in [0.2, 0.25) is 0 Å². The minimum absolute atomic E-state index is 0.123. The summed E-state index contributed by atoms with van der Waals surface area (Å²) in [6.07, 6.45) is 0.586. The van der Waals surface area contributed by atoms with E-state index in [2.05, 4.69) is 0 Å². The first kappa shape index (κ1) is 20.8. The van der Waals surface area contributed by atoms with Gasteiger partial charge in [-0.05, 0) is 27.7 Å². The molecule has 2 aliphatic heterocycles. The molecule has 8 heteroatoms. The van der Waals surface area contributed by atoms with E-state index in [0.29, 0.717) is 0 Å². The summed E-state index contributed by atoms with van der Waals surface area (Å²) < 4.78 is 10.9. The van der Waals surface area contributed by atoms with Crippen LogP contribution < -0.4 is 0 Å². The molecule has 0 bridgehead atoms. The number of ether oxygens (including phenoxy) is 2. The molecule has 2 N–H and O–H groups in total. The molecule has 0 radical (unpaired) electrons. The zero-order valence-corrected chi connectivity index (χ0v) is 15.0. The second kappa shape index (κ2) is 9.93. The Kier molecular flexibility index (Phi) is 8.61. The molecule has 4 atom stereocenters. The molecular weight excluding hydrogens is 316 g/mol. The maximum absolute atomic E-state index is 10.4. The molecule has 24 heavy (non-hydrogen) atoms. The lowest BCUT2D eigenvalue weighted by Gasteiger charge is -2.34. The van der Waals surface area contributed by atoms with Gasteiger partial charge in [0.25, 0.3) is 0 Å². The molecule has 2 fully saturated rings. The fourth-order valence-electron chi connectivity index (χ4n) is 3.21. The Labute approximate surface area is 143 Å². The SMILES string of the molecule is C[C@@H]1CN(CC(=O)O)C[C@H](C)O1.C[C@@H]1CN(CC(=O)O)C[C@H](C)O1. The number of carbonyl (C=O) groups is 2. The van der Waals surface area contributed by atoms with Crippen LogP contribution in [-0.4, -0.2) is 95.6 Å². The third kappa shape index (κ3) is 8.58. The smallest absolute Gasteiger partial charge is 0.317 e. The molecule has 2 rings (SSSR count). The van der Waals surface area contributed by atoms with Gasteiger partial charge in [0.15, 0.2) is 0 Å². The summed E-state index contributed by atoms with van der Waals surface area (Å²) in [5.41, 5.74) is 0. The van der Waals surface area contributed by atoms with Crippen LogP contribution in [0.15, 0.2) is 0 Å². The monoisotopic (exact) mass is 346 g/mol. The topological polar surface area (TPSA) is 99.5 Å². The molecule has 0 unspecified atom stereocenters. The first-order valence-corrected chi connectivity index (χ1v) is 8.35. The van der Waals surface area contributed by atoms with Crippen LogP contribution >= 0.6 is 0 Å². The third-order valence-electron chi connectivity index (χ3n) is 3.71. The number of aliphatic carboxylic acids is 2. The first-order chi connectivity index (χ1) is 11.2. The van der Waals surface area contributed by atoms with Crippen LogP contribution in [0.2, 0.25) is 0 Å². The van der Waals surface area contributed by atoms with E-state index in [1.54, 1.807) is 0 Å². The van der Waals surface area contributed by atoms with Crippen LogP contribution in [-0.2, 0) is 19.1 Å². The summed E-state index contributed by atoms with van der Waals surface area (Å²) >= 11 is 0. The average Bonchev–Trinajstić information content (AvgIpc) is 2.34. The highest BCUT2D eigenvalue weighted by atomic mass is 16.5. The van der Waals surface area contributed by atoms with Gasteiger partial charge in [-0.2, -0.15) is 0 Å². The molecule has 8 nitrogen and oxygen atoms in total. The highest BCUT2D eigenvalue weighted by molar-refractivity contribution is 5.69. The van der Waals surface area contributed by atoms with Gasteiger partial charge in [-0.25, -0.2) is 0 Å². The summed E-state index contributed by atoms with van der Waals surface area (Å²) in [5, 5.41) is 17.1. The van der Waals surface area contributed by atoms with E-state index in [0.717, 1.165) is 26.2 Å². The Bertz CT molecular complexity index is 361. The Morgan fingerprint density at radius 2 is 1.00 bits per heavy atom. The summed E-state index contributed by atoms with van der Waals surface area (Å²) in [7, 11) is 0. The van der Waals surface area contributed by atoms with E-state index in [1.165, 1.54) is 0 Å². The van der Waals surface area contributed by atoms with E-state index in [9.17, 15) is 9.59 Å².